The number of hydrogen-bond acceptors (Lipinski definition) is 4. The third-order valence-electron chi connectivity index (χ3n) is 4.14. The molecule has 5 nitrogen and oxygen atoms in total. The Hall–Kier alpha value is -1.40. The van der Waals surface area contributed by atoms with Gasteiger partial charge in [0, 0.05) is 12.0 Å². The number of nitrogens with one attached hydrogen (secondary N) is 1. The van der Waals surface area contributed by atoms with Gasteiger partial charge in [0.05, 0.1) is 12.0 Å². The lowest BCUT2D eigenvalue weighted by Crippen LogP contribution is -2.48. The Balaban J connectivity index is 2.11. The van der Waals surface area contributed by atoms with Crippen LogP contribution in [0.2, 0.25) is 0 Å². The SMILES string of the molecule is COC(CNC(=O)C1(c2cccs2)CCCCC1)C(=O)O. The van der Waals surface area contributed by atoms with E-state index in [1.165, 1.54) is 7.11 Å². The minimum atomic E-state index is -1.06. The molecule has 1 aliphatic rings. The summed E-state index contributed by atoms with van der Waals surface area (Å²) in [6.07, 6.45) is 3.85. The van der Waals surface area contributed by atoms with E-state index in [0.717, 1.165) is 37.0 Å². The molecular weight excluding hydrogens is 290 g/mol. The van der Waals surface area contributed by atoms with E-state index in [4.69, 9.17) is 9.84 Å². The summed E-state index contributed by atoms with van der Waals surface area (Å²) in [7, 11) is 1.33. The van der Waals surface area contributed by atoms with Crippen LogP contribution in [-0.2, 0) is 19.7 Å². The standard InChI is InChI=1S/C15H21NO4S/c1-20-11(13(17)18)10-16-14(19)15(7-3-2-4-8-15)12-6-5-9-21-12/h5-6,9,11H,2-4,7-8,10H2,1H3,(H,16,19)(H,17,18). The van der Waals surface area contributed by atoms with Crippen molar-refractivity contribution in [3.05, 3.63) is 22.4 Å². The molecule has 0 aliphatic heterocycles. The van der Waals surface area contributed by atoms with Gasteiger partial charge in [0.1, 0.15) is 0 Å². The first kappa shape index (κ1) is 16.0. The summed E-state index contributed by atoms with van der Waals surface area (Å²) in [6.45, 7) is -0.00219. The molecular formula is C15H21NO4S. The van der Waals surface area contributed by atoms with Crippen molar-refractivity contribution >= 4 is 23.2 Å². The van der Waals surface area contributed by atoms with Gasteiger partial charge in [-0.1, -0.05) is 25.3 Å². The molecule has 6 heteroatoms. The summed E-state index contributed by atoms with van der Waals surface area (Å²) < 4.78 is 4.86. The Kier molecular flexibility index (Phi) is 5.36. The smallest absolute Gasteiger partial charge is 0.334 e. The molecule has 116 valence electrons. The molecule has 2 N–H and O–H groups in total. The van der Waals surface area contributed by atoms with E-state index in [-0.39, 0.29) is 12.5 Å². The number of carbonyl (C=O) groups is 2. The minimum Gasteiger partial charge on any atom is -0.479 e. The first-order chi connectivity index (χ1) is 10.1. The summed E-state index contributed by atoms with van der Waals surface area (Å²) in [5, 5.41) is 13.7. The topological polar surface area (TPSA) is 75.6 Å². The van der Waals surface area contributed by atoms with Gasteiger partial charge in [-0.15, -0.1) is 11.3 Å². The van der Waals surface area contributed by atoms with Crippen molar-refractivity contribution in [1.29, 1.82) is 0 Å². The predicted molar refractivity (Wildman–Crippen MR) is 80.5 cm³/mol. The quantitative estimate of drug-likeness (QED) is 0.844. The highest BCUT2D eigenvalue weighted by Gasteiger charge is 2.42. The van der Waals surface area contributed by atoms with Crippen molar-refractivity contribution in [1.82, 2.24) is 5.32 Å². The molecule has 0 spiro atoms. The highest BCUT2D eigenvalue weighted by molar-refractivity contribution is 7.10. The van der Waals surface area contributed by atoms with E-state index in [1.807, 2.05) is 17.5 Å². The molecule has 1 aromatic heterocycles. The Morgan fingerprint density at radius 3 is 2.67 bits per heavy atom. The molecule has 21 heavy (non-hydrogen) atoms. The average molecular weight is 311 g/mol. The molecule has 1 atom stereocenters. The van der Waals surface area contributed by atoms with Crippen LogP contribution in [0.3, 0.4) is 0 Å². The van der Waals surface area contributed by atoms with E-state index in [9.17, 15) is 9.59 Å². The van der Waals surface area contributed by atoms with Crippen molar-refractivity contribution in [2.24, 2.45) is 0 Å². The van der Waals surface area contributed by atoms with E-state index in [0.29, 0.717) is 0 Å². The molecule has 0 radical (unpaired) electrons. The molecule has 1 fully saturated rings. The van der Waals surface area contributed by atoms with Crippen LogP contribution >= 0.6 is 11.3 Å². The lowest BCUT2D eigenvalue weighted by atomic mass is 9.72. The molecule has 1 aromatic rings. The Labute approximate surface area is 128 Å². The normalized spacial score (nSPS) is 18.9. The zero-order valence-corrected chi connectivity index (χ0v) is 12.9. The molecule has 1 unspecified atom stereocenters. The van der Waals surface area contributed by atoms with Crippen LogP contribution in [0.25, 0.3) is 0 Å². The van der Waals surface area contributed by atoms with Crippen LogP contribution in [0.15, 0.2) is 17.5 Å². The number of carboxylic acid groups (broad SMARTS) is 1. The molecule has 1 aliphatic carbocycles. The summed E-state index contributed by atoms with van der Waals surface area (Å²) >= 11 is 1.59. The Morgan fingerprint density at radius 2 is 2.14 bits per heavy atom. The molecule has 1 amide bonds. The maximum atomic E-state index is 12.7. The number of carboxylic acids is 1. The number of thiophene rings is 1. The van der Waals surface area contributed by atoms with Gasteiger partial charge in [-0.25, -0.2) is 4.79 Å². The van der Waals surface area contributed by atoms with Gasteiger partial charge >= 0.3 is 5.97 Å². The maximum Gasteiger partial charge on any atom is 0.334 e. The van der Waals surface area contributed by atoms with E-state index in [2.05, 4.69) is 5.32 Å². The summed E-state index contributed by atoms with van der Waals surface area (Å²) in [5.74, 6) is -1.14. The predicted octanol–water partition coefficient (Wildman–Crippen LogP) is 2.17. The van der Waals surface area contributed by atoms with Crippen LogP contribution < -0.4 is 5.32 Å². The number of ether oxygens (including phenoxy) is 1. The fraction of sp³-hybridized carbons (Fsp3) is 0.600. The fourth-order valence-electron chi connectivity index (χ4n) is 2.92. The number of aliphatic carboxylic acids is 1. The Bertz CT molecular complexity index is 480. The second-order valence-corrected chi connectivity index (χ2v) is 6.34. The van der Waals surface area contributed by atoms with Crippen molar-refractivity contribution in [2.75, 3.05) is 13.7 Å². The number of methoxy groups -OCH3 is 1. The average Bonchev–Trinajstić information content (AvgIpc) is 3.02. The second kappa shape index (κ2) is 7.04. The van der Waals surface area contributed by atoms with Crippen molar-refractivity contribution in [3.8, 4) is 0 Å². The zero-order chi connectivity index (χ0) is 15.3. The highest BCUT2D eigenvalue weighted by Crippen LogP contribution is 2.41. The first-order valence-corrected chi connectivity index (χ1v) is 8.06. The van der Waals surface area contributed by atoms with Gasteiger partial charge in [0.25, 0.3) is 0 Å². The van der Waals surface area contributed by atoms with Gasteiger partial charge in [-0.2, -0.15) is 0 Å². The summed E-state index contributed by atoms with van der Waals surface area (Å²) in [5.41, 5.74) is -0.497. The molecule has 2 rings (SSSR count). The lowest BCUT2D eigenvalue weighted by Gasteiger charge is -2.35. The summed E-state index contributed by atoms with van der Waals surface area (Å²) in [4.78, 5) is 24.7. The van der Waals surface area contributed by atoms with Gasteiger partial charge in [0.2, 0.25) is 5.91 Å². The third kappa shape index (κ3) is 3.44. The molecule has 0 saturated heterocycles. The van der Waals surface area contributed by atoms with Crippen molar-refractivity contribution in [3.63, 3.8) is 0 Å². The van der Waals surface area contributed by atoms with Gasteiger partial charge < -0.3 is 15.2 Å². The molecule has 1 heterocycles. The van der Waals surface area contributed by atoms with Crippen molar-refractivity contribution < 1.29 is 19.4 Å². The molecule has 0 bridgehead atoms. The van der Waals surface area contributed by atoms with E-state index in [1.54, 1.807) is 11.3 Å². The Morgan fingerprint density at radius 1 is 1.43 bits per heavy atom. The van der Waals surface area contributed by atoms with E-state index >= 15 is 0 Å². The highest BCUT2D eigenvalue weighted by atomic mass is 32.1. The van der Waals surface area contributed by atoms with Gasteiger partial charge in [-0.3, -0.25) is 4.79 Å². The van der Waals surface area contributed by atoms with Gasteiger partial charge in [-0.05, 0) is 24.3 Å². The first-order valence-electron chi connectivity index (χ1n) is 7.18. The van der Waals surface area contributed by atoms with Crippen LogP contribution in [0, 0.1) is 0 Å². The number of hydrogen-bond donors (Lipinski definition) is 2. The third-order valence-corrected chi connectivity index (χ3v) is 5.22. The monoisotopic (exact) mass is 311 g/mol. The van der Waals surface area contributed by atoms with Crippen LogP contribution in [0.4, 0.5) is 0 Å². The fourth-order valence-corrected chi connectivity index (χ4v) is 3.90. The van der Waals surface area contributed by atoms with Crippen LogP contribution in [-0.4, -0.2) is 36.7 Å². The maximum absolute atomic E-state index is 12.7. The van der Waals surface area contributed by atoms with Crippen LogP contribution in [0.5, 0.6) is 0 Å². The van der Waals surface area contributed by atoms with E-state index < -0.39 is 17.5 Å². The summed E-state index contributed by atoms with van der Waals surface area (Å²) in [6, 6.07) is 3.96. The number of rotatable bonds is 6. The lowest BCUT2D eigenvalue weighted by molar-refractivity contribution is -0.148. The molecule has 0 aromatic carbocycles. The van der Waals surface area contributed by atoms with Crippen molar-refractivity contribution in [2.45, 2.75) is 43.6 Å². The number of carbonyl (C=O) groups excluding carboxylic acids is 1. The zero-order valence-electron chi connectivity index (χ0n) is 12.1. The molecule has 1 saturated carbocycles. The minimum absolute atomic E-state index is 0.00219. The largest absolute Gasteiger partial charge is 0.479 e. The van der Waals surface area contributed by atoms with Gasteiger partial charge in [0.15, 0.2) is 6.10 Å². The number of amides is 1. The van der Waals surface area contributed by atoms with Crippen LogP contribution in [0.1, 0.15) is 37.0 Å². The second-order valence-electron chi connectivity index (χ2n) is 5.39.